The van der Waals surface area contributed by atoms with Gasteiger partial charge in [-0.25, -0.2) is 0 Å². The van der Waals surface area contributed by atoms with Crippen LogP contribution in [0.3, 0.4) is 0 Å². The zero-order valence-electron chi connectivity index (χ0n) is 18.0. The Morgan fingerprint density at radius 3 is 2.63 bits per heavy atom. The molecule has 1 N–H and O–H groups in total. The number of hydrogen-bond donors (Lipinski definition) is 1. The number of thiophene rings is 1. The van der Waals surface area contributed by atoms with Crippen LogP contribution in [0, 0.1) is 20.8 Å². The molecule has 156 valence electrons. The van der Waals surface area contributed by atoms with Crippen LogP contribution in [0.5, 0.6) is 5.75 Å². The summed E-state index contributed by atoms with van der Waals surface area (Å²) in [4.78, 5) is 14.1. The summed E-state index contributed by atoms with van der Waals surface area (Å²) in [7, 11) is 0. The molecular weight excluding hydrogens is 394 g/mol. The molecule has 0 amide bonds. The minimum Gasteiger partial charge on any atom is -0.486 e. The second-order valence-electron chi connectivity index (χ2n) is 7.88. The van der Waals surface area contributed by atoms with Crippen LogP contribution in [-0.2, 0) is 16.1 Å². The van der Waals surface area contributed by atoms with E-state index < -0.39 is 0 Å². The monoisotopic (exact) mass is 421 g/mol. The molecule has 0 spiro atoms. The van der Waals surface area contributed by atoms with Crippen molar-refractivity contribution in [3.8, 4) is 16.9 Å². The molecule has 0 aliphatic carbocycles. The van der Waals surface area contributed by atoms with Crippen molar-refractivity contribution in [1.29, 1.82) is 0 Å². The number of carbonyl (C=O) groups excluding carboxylic acids is 1. The van der Waals surface area contributed by atoms with Gasteiger partial charge in [0.25, 0.3) is 0 Å². The summed E-state index contributed by atoms with van der Waals surface area (Å²) >= 11 is 1.84. The van der Waals surface area contributed by atoms with E-state index in [2.05, 4.69) is 50.4 Å². The van der Waals surface area contributed by atoms with Crippen molar-refractivity contribution in [1.82, 2.24) is 0 Å². The van der Waals surface area contributed by atoms with Crippen LogP contribution >= 0.6 is 11.3 Å². The third-order valence-electron chi connectivity index (χ3n) is 5.61. The van der Waals surface area contributed by atoms with Crippen LogP contribution < -0.4 is 10.1 Å². The lowest BCUT2D eigenvalue weighted by atomic mass is 9.96. The third-order valence-corrected chi connectivity index (χ3v) is 6.58. The van der Waals surface area contributed by atoms with Gasteiger partial charge in [0.15, 0.2) is 6.10 Å². The number of rotatable bonds is 5. The molecule has 5 heteroatoms. The lowest BCUT2D eigenvalue weighted by molar-refractivity contribution is -0.149. The molecule has 2 aromatic carbocycles. The Balaban J connectivity index is 1.52. The Morgan fingerprint density at radius 2 is 1.93 bits per heavy atom. The van der Waals surface area contributed by atoms with E-state index in [0.29, 0.717) is 0 Å². The second kappa shape index (κ2) is 8.15. The topological polar surface area (TPSA) is 47.6 Å². The molecule has 1 unspecified atom stereocenters. The molecule has 1 aromatic heterocycles. The average molecular weight is 422 g/mol. The van der Waals surface area contributed by atoms with Gasteiger partial charge >= 0.3 is 5.97 Å². The quantitative estimate of drug-likeness (QED) is 0.489. The lowest BCUT2D eigenvalue weighted by Gasteiger charge is -2.14. The van der Waals surface area contributed by atoms with Gasteiger partial charge < -0.3 is 14.8 Å². The molecule has 0 saturated heterocycles. The number of fused-ring (bicyclic) bond motifs is 1. The van der Waals surface area contributed by atoms with Crippen LogP contribution in [0.4, 0.5) is 5.69 Å². The van der Waals surface area contributed by atoms with Crippen molar-refractivity contribution < 1.29 is 14.3 Å². The molecule has 1 aliphatic rings. The van der Waals surface area contributed by atoms with Crippen LogP contribution in [0.1, 0.15) is 46.4 Å². The fourth-order valence-electron chi connectivity index (χ4n) is 4.10. The van der Waals surface area contributed by atoms with Crippen molar-refractivity contribution >= 4 is 23.0 Å². The summed E-state index contributed by atoms with van der Waals surface area (Å²) in [5.74, 6) is 0.477. The van der Waals surface area contributed by atoms with E-state index in [1.54, 1.807) is 0 Å². The van der Waals surface area contributed by atoms with E-state index in [1.807, 2.05) is 36.5 Å². The first kappa shape index (κ1) is 20.5. The number of aryl methyl sites for hydroxylation is 2. The molecule has 4 nitrogen and oxygen atoms in total. The number of esters is 1. The van der Waals surface area contributed by atoms with E-state index in [9.17, 15) is 4.79 Å². The maximum Gasteiger partial charge on any atom is 0.303 e. The number of hydrogen-bond acceptors (Lipinski definition) is 5. The summed E-state index contributed by atoms with van der Waals surface area (Å²) in [5.41, 5.74) is 7.09. The SMILES string of the molecule is CC(=O)O[C@H]1c2ccc(NCc3cccc(-c4cc(C)sc4C)c3C)cc2OC1C. The minimum absolute atomic E-state index is 0.185. The van der Waals surface area contributed by atoms with E-state index in [0.717, 1.165) is 23.5 Å². The van der Waals surface area contributed by atoms with E-state index in [4.69, 9.17) is 9.47 Å². The fraction of sp³-hybridized carbons (Fsp3) is 0.320. The molecule has 0 saturated carbocycles. The largest absolute Gasteiger partial charge is 0.486 e. The summed E-state index contributed by atoms with van der Waals surface area (Å²) in [6, 6.07) is 14.8. The molecule has 0 bridgehead atoms. The van der Waals surface area contributed by atoms with Gasteiger partial charge in [-0.15, -0.1) is 11.3 Å². The maximum atomic E-state index is 11.4. The molecule has 0 radical (unpaired) electrons. The average Bonchev–Trinajstić information content (AvgIpc) is 3.18. The van der Waals surface area contributed by atoms with Crippen LogP contribution in [0.25, 0.3) is 11.1 Å². The zero-order chi connectivity index (χ0) is 21.4. The molecule has 3 aromatic rings. The zero-order valence-corrected chi connectivity index (χ0v) is 18.9. The van der Waals surface area contributed by atoms with Gasteiger partial charge in [-0.1, -0.05) is 18.2 Å². The standard InChI is InChI=1S/C25H27NO3S/c1-14-11-23(17(4)30-14)21-8-6-7-19(15(21)2)13-26-20-9-10-22-24(12-20)28-16(3)25(22)29-18(5)27/h6-12,16,25-26H,13H2,1-5H3/t16?,25-/m1/s1. The van der Waals surface area contributed by atoms with Gasteiger partial charge in [0, 0.05) is 40.5 Å². The number of nitrogens with one attached hydrogen (secondary N) is 1. The normalized spacial score (nSPS) is 17.4. The van der Waals surface area contributed by atoms with Crippen molar-refractivity contribution in [3.63, 3.8) is 0 Å². The van der Waals surface area contributed by atoms with Crippen molar-refractivity contribution in [2.75, 3.05) is 5.32 Å². The molecule has 0 fully saturated rings. The number of carbonyl (C=O) groups is 1. The third kappa shape index (κ3) is 3.94. The Labute approximate surface area is 181 Å². The fourth-order valence-corrected chi connectivity index (χ4v) is 5.04. The first-order valence-corrected chi connectivity index (χ1v) is 11.0. The van der Waals surface area contributed by atoms with E-state index in [-0.39, 0.29) is 18.2 Å². The Bertz CT molecular complexity index is 1100. The predicted molar refractivity (Wildman–Crippen MR) is 122 cm³/mol. The van der Waals surface area contributed by atoms with E-state index in [1.165, 1.54) is 38.9 Å². The van der Waals surface area contributed by atoms with Gasteiger partial charge in [-0.05, 0) is 68.1 Å². The highest BCUT2D eigenvalue weighted by Crippen LogP contribution is 2.40. The molecule has 4 rings (SSSR count). The minimum atomic E-state index is -0.345. The second-order valence-corrected chi connectivity index (χ2v) is 9.34. The Morgan fingerprint density at radius 1 is 1.13 bits per heavy atom. The summed E-state index contributed by atoms with van der Waals surface area (Å²) in [6.07, 6.45) is -0.529. The summed E-state index contributed by atoms with van der Waals surface area (Å²) in [6.45, 7) is 10.6. The van der Waals surface area contributed by atoms with E-state index >= 15 is 0 Å². The molecule has 2 atom stereocenters. The number of anilines is 1. The van der Waals surface area contributed by atoms with Crippen molar-refractivity contribution in [2.45, 2.75) is 53.4 Å². The lowest BCUT2D eigenvalue weighted by Crippen LogP contribution is -2.18. The van der Waals surface area contributed by atoms with Crippen LogP contribution in [-0.4, -0.2) is 12.1 Å². The summed E-state index contributed by atoms with van der Waals surface area (Å²) in [5, 5.41) is 3.52. The number of benzene rings is 2. The Kier molecular flexibility index (Phi) is 5.56. The smallest absolute Gasteiger partial charge is 0.303 e. The molecule has 2 heterocycles. The van der Waals surface area contributed by atoms with Gasteiger partial charge in [0.2, 0.25) is 0 Å². The molecular formula is C25H27NO3S. The van der Waals surface area contributed by atoms with Gasteiger partial charge in [-0.2, -0.15) is 0 Å². The van der Waals surface area contributed by atoms with Gasteiger partial charge in [0.05, 0.1) is 0 Å². The first-order chi connectivity index (χ1) is 14.3. The highest BCUT2D eigenvalue weighted by atomic mass is 32.1. The highest BCUT2D eigenvalue weighted by Gasteiger charge is 2.33. The maximum absolute atomic E-state index is 11.4. The molecule has 1 aliphatic heterocycles. The number of ether oxygens (including phenoxy) is 2. The Hall–Kier alpha value is -2.79. The summed E-state index contributed by atoms with van der Waals surface area (Å²) < 4.78 is 11.3. The van der Waals surface area contributed by atoms with Crippen LogP contribution in [0.2, 0.25) is 0 Å². The highest BCUT2D eigenvalue weighted by molar-refractivity contribution is 7.12. The van der Waals surface area contributed by atoms with Gasteiger partial charge in [-0.3, -0.25) is 4.79 Å². The first-order valence-electron chi connectivity index (χ1n) is 10.2. The molecule has 30 heavy (non-hydrogen) atoms. The van der Waals surface area contributed by atoms with Gasteiger partial charge in [0.1, 0.15) is 11.9 Å². The van der Waals surface area contributed by atoms with Crippen molar-refractivity contribution in [3.05, 3.63) is 68.9 Å². The van der Waals surface area contributed by atoms with Crippen molar-refractivity contribution in [2.24, 2.45) is 0 Å². The van der Waals surface area contributed by atoms with Crippen LogP contribution in [0.15, 0.2) is 42.5 Å². The predicted octanol–water partition coefficient (Wildman–Crippen LogP) is 6.34.